The molecule has 33 heavy (non-hydrogen) atoms. The number of rotatable bonds is 8. The van der Waals surface area contributed by atoms with E-state index in [4.69, 9.17) is 10.5 Å². The molecule has 1 saturated heterocycles. The van der Waals surface area contributed by atoms with E-state index in [1.54, 1.807) is 34.1 Å². The maximum atomic E-state index is 13.5. The molecule has 1 saturated carbocycles. The summed E-state index contributed by atoms with van der Waals surface area (Å²) in [6.45, 7) is 5.50. The van der Waals surface area contributed by atoms with Gasteiger partial charge in [0.1, 0.15) is 5.69 Å². The van der Waals surface area contributed by atoms with Crippen LogP contribution >= 0.6 is 0 Å². The summed E-state index contributed by atoms with van der Waals surface area (Å²) in [5.41, 5.74) is 7.05. The Morgan fingerprint density at radius 1 is 1.15 bits per heavy atom. The molecule has 1 aromatic carbocycles. The third kappa shape index (κ3) is 4.94. The van der Waals surface area contributed by atoms with Crippen LogP contribution in [0, 0.1) is 17.8 Å². The number of primary amides is 1. The third-order valence-electron chi connectivity index (χ3n) is 6.71. The Kier molecular flexibility index (Phi) is 6.55. The largest absolute Gasteiger partial charge is 0.461 e. The second kappa shape index (κ2) is 9.10. The monoisotopic (exact) mass is 475 g/mol. The second-order valence-electron chi connectivity index (χ2n) is 9.84. The molecule has 0 radical (unpaired) electrons. The van der Waals surface area contributed by atoms with Crippen molar-refractivity contribution in [3.63, 3.8) is 0 Å². The van der Waals surface area contributed by atoms with Crippen LogP contribution in [0.1, 0.15) is 55.6 Å². The van der Waals surface area contributed by atoms with Gasteiger partial charge in [-0.05, 0) is 67.2 Å². The highest BCUT2D eigenvalue weighted by Crippen LogP contribution is 2.33. The molecule has 2 fully saturated rings. The number of amides is 1. The lowest BCUT2D eigenvalue weighted by atomic mass is 9.94. The van der Waals surface area contributed by atoms with Gasteiger partial charge in [-0.3, -0.25) is 4.79 Å². The number of carbonyl (C=O) groups is 2. The first-order valence-corrected chi connectivity index (χ1v) is 13.1. The highest BCUT2D eigenvalue weighted by molar-refractivity contribution is 7.89. The lowest BCUT2D eigenvalue weighted by Gasteiger charge is -2.34. The molecule has 1 aromatic heterocycles. The molecule has 2 unspecified atom stereocenters. The van der Waals surface area contributed by atoms with Gasteiger partial charge in [-0.1, -0.05) is 13.8 Å². The number of aryl methyl sites for hydroxylation is 2. The standard InChI is InChI=1S/C24H33N3O5S/c1-15-10-16(2)13-27(12-15)33(30,31)18-6-8-21-20(11-18)19(7-9-22(25)28)23(26(21)3)24(29)32-14-17-4-5-17/h6,8,11,15-17H,4-5,7,9-10,12-14H2,1-3H3,(H2,25,28). The minimum atomic E-state index is -3.69. The summed E-state index contributed by atoms with van der Waals surface area (Å²) < 4.78 is 35.7. The average molecular weight is 476 g/mol. The molecular weight excluding hydrogens is 442 g/mol. The summed E-state index contributed by atoms with van der Waals surface area (Å²) in [6, 6.07) is 4.95. The summed E-state index contributed by atoms with van der Waals surface area (Å²) in [5, 5.41) is 0.635. The lowest BCUT2D eigenvalue weighted by molar-refractivity contribution is -0.118. The van der Waals surface area contributed by atoms with Crippen LogP contribution in [0.2, 0.25) is 0 Å². The minimum absolute atomic E-state index is 0.0557. The number of sulfonamides is 1. The summed E-state index contributed by atoms with van der Waals surface area (Å²) >= 11 is 0. The molecule has 2 atom stereocenters. The van der Waals surface area contributed by atoms with Gasteiger partial charge >= 0.3 is 5.97 Å². The zero-order valence-corrected chi connectivity index (χ0v) is 20.4. The molecule has 1 aliphatic carbocycles. The van der Waals surface area contributed by atoms with Crippen molar-refractivity contribution in [3.8, 4) is 0 Å². The Labute approximate surface area is 195 Å². The zero-order valence-electron chi connectivity index (χ0n) is 19.5. The molecule has 2 aliphatic rings. The predicted molar refractivity (Wildman–Crippen MR) is 125 cm³/mol. The number of piperidine rings is 1. The fraction of sp³-hybridized carbons (Fsp3) is 0.583. The van der Waals surface area contributed by atoms with Crippen molar-refractivity contribution in [2.75, 3.05) is 19.7 Å². The summed E-state index contributed by atoms with van der Waals surface area (Å²) in [4.78, 5) is 24.7. The van der Waals surface area contributed by atoms with E-state index < -0.39 is 21.9 Å². The minimum Gasteiger partial charge on any atom is -0.461 e. The maximum absolute atomic E-state index is 13.5. The lowest BCUT2D eigenvalue weighted by Crippen LogP contribution is -2.42. The topological polar surface area (TPSA) is 112 Å². The number of nitrogens with zero attached hydrogens (tertiary/aromatic N) is 2. The van der Waals surface area contributed by atoms with Gasteiger partial charge in [-0.25, -0.2) is 13.2 Å². The first-order chi connectivity index (χ1) is 15.6. The van der Waals surface area contributed by atoms with E-state index in [0.29, 0.717) is 59.6 Å². The SMILES string of the molecule is CC1CC(C)CN(S(=O)(=O)c2ccc3c(c2)c(CCC(N)=O)c(C(=O)OCC2CC2)n3C)C1. The third-order valence-corrected chi connectivity index (χ3v) is 8.54. The van der Waals surface area contributed by atoms with E-state index in [1.807, 2.05) is 0 Å². The van der Waals surface area contributed by atoms with Gasteiger partial charge < -0.3 is 15.0 Å². The molecule has 8 nitrogen and oxygen atoms in total. The van der Waals surface area contributed by atoms with Crippen LogP contribution in [0.5, 0.6) is 0 Å². The summed E-state index contributed by atoms with van der Waals surface area (Å²) in [6.07, 6.45) is 3.42. The molecule has 2 aromatic rings. The van der Waals surface area contributed by atoms with Crippen LogP contribution in [0.4, 0.5) is 0 Å². The Morgan fingerprint density at radius 2 is 1.82 bits per heavy atom. The van der Waals surface area contributed by atoms with Gasteiger partial charge in [0.2, 0.25) is 15.9 Å². The average Bonchev–Trinajstić information content (AvgIpc) is 3.53. The molecule has 1 aliphatic heterocycles. The number of benzene rings is 1. The van der Waals surface area contributed by atoms with Crippen molar-refractivity contribution in [2.24, 2.45) is 30.5 Å². The molecule has 9 heteroatoms. The van der Waals surface area contributed by atoms with E-state index in [-0.39, 0.29) is 17.7 Å². The molecule has 180 valence electrons. The van der Waals surface area contributed by atoms with E-state index in [9.17, 15) is 18.0 Å². The molecule has 2 heterocycles. The van der Waals surface area contributed by atoms with E-state index in [0.717, 1.165) is 19.3 Å². The zero-order chi connectivity index (χ0) is 23.9. The molecule has 2 N–H and O–H groups in total. The number of nitrogens with two attached hydrogens (primary N) is 1. The Balaban J connectivity index is 1.75. The van der Waals surface area contributed by atoms with Crippen LogP contribution in [0.25, 0.3) is 10.9 Å². The van der Waals surface area contributed by atoms with Crippen LogP contribution in [0.3, 0.4) is 0 Å². The van der Waals surface area contributed by atoms with Crippen LogP contribution < -0.4 is 5.73 Å². The van der Waals surface area contributed by atoms with Crippen molar-refractivity contribution < 1.29 is 22.7 Å². The van der Waals surface area contributed by atoms with Crippen molar-refractivity contribution in [2.45, 2.75) is 50.8 Å². The van der Waals surface area contributed by atoms with Crippen LogP contribution in [-0.4, -0.2) is 48.9 Å². The number of hydrogen-bond acceptors (Lipinski definition) is 5. The van der Waals surface area contributed by atoms with Crippen LogP contribution in [0.15, 0.2) is 23.1 Å². The Bertz CT molecular complexity index is 1170. The number of esters is 1. The predicted octanol–water partition coefficient (Wildman–Crippen LogP) is 2.83. The smallest absolute Gasteiger partial charge is 0.355 e. The molecule has 0 bridgehead atoms. The van der Waals surface area contributed by atoms with Gasteiger partial charge in [0.25, 0.3) is 0 Å². The number of ether oxygens (including phenoxy) is 1. The van der Waals surface area contributed by atoms with Crippen molar-refractivity contribution in [3.05, 3.63) is 29.5 Å². The normalized spacial score (nSPS) is 21.9. The number of carbonyl (C=O) groups excluding carboxylic acids is 2. The first kappa shape index (κ1) is 23.8. The van der Waals surface area contributed by atoms with Crippen LogP contribution in [-0.2, 0) is 33.0 Å². The highest BCUT2D eigenvalue weighted by atomic mass is 32.2. The highest BCUT2D eigenvalue weighted by Gasteiger charge is 2.33. The maximum Gasteiger partial charge on any atom is 0.355 e. The van der Waals surface area contributed by atoms with Gasteiger partial charge in [0.15, 0.2) is 0 Å². The fourth-order valence-corrected chi connectivity index (χ4v) is 6.63. The summed E-state index contributed by atoms with van der Waals surface area (Å²) in [5.74, 6) is 0.0715. The van der Waals surface area contributed by atoms with Crippen molar-refractivity contribution in [1.29, 1.82) is 0 Å². The van der Waals surface area contributed by atoms with Gasteiger partial charge in [0.05, 0.1) is 11.5 Å². The van der Waals surface area contributed by atoms with E-state index in [1.165, 1.54) is 0 Å². The van der Waals surface area contributed by atoms with Crippen molar-refractivity contribution in [1.82, 2.24) is 8.87 Å². The number of fused-ring (bicyclic) bond motifs is 1. The Hall–Kier alpha value is -2.39. The van der Waals surface area contributed by atoms with Crippen molar-refractivity contribution >= 4 is 32.8 Å². The second-order valence-corrected chi connectivity index (χ2v) is 11.8. The molecule has 4 rings (SSSR count). The van der Waals surface area contributed by atoms with E-state index in [2.05, 4.69) is 13.8 Å². The first-order valence-electron chi connectivity index (χ1n) is 11.6. The van der Waals surface area contributed by atoms with Gasteiger partial charge in [0, 0.05) is 37.5 Å². The number of hydrogen-bond donors (Lipinski definition) is 1. The summed E-state index contributed by atoms with van der Waals surface area (Å²) in [7, 11) is -1.93. The van der Waals surface area contributed by atoms with E-state index >= 15 is 0 Å². The molecular formula is C24H33N3O5S. The fourth-order valence-electron chi connectivity index (χ4n) is 4.92. The molecule has 1 amide bonds. The Morgan fingerprint density at radius 3 is 2.42 bits per heavy atom. The molecule has 0 spiro atoms. The number of aromatic nitrogens is 1. The quantitative estimate of drug-likeness (QED) is 0.590. The van der Waals surface area contributed by atoms with Gasteiger partial charge in [-0.2, -0.15) is 4.31 Å². The van der Waals surface area contributed by atoms with Gasteiger partial charge in [-0.15, -0.1) is 0 Å².